The Morgan fingerprint density at radius 1 is 0.346 bits per heavy atom. The highest BCUT2D eigenvalue weighted by Gasteiger charge is 2.33. The lowest BCUT2D eigenvalue weighted by Crippen LogP contribution is -2.67. The molecule has 274 valence electrons. The van der Waals surface area contributed by atoms with E-state index in [0.29, 0.717) is 0 Å². The van der Waals surface area contributed by atoms with Crippen LogP contribution in [0, 0.1) is 0 Å². The van der Waals surface area contributed by atoms with E-state index in [4.69, 9.17) is 0 Å². The molecule has 0 aliphatic rings. The lowest BCUT2D eigenvalue weighted by molar-refractivity contribution is -0.929. The van der Waals surface area contributed by atoms with E-state index in [1.807, 2.05) is 0 Å². The van der Waals surface area contributed by atoms with Crippen LogP contribution in [0.25, 0.3) is 32.3 Å². The van der Waals surface area contributed by atoms with Crippen LogP contribution >= 0.6 is 0 Å². The molecule has 0 fully saturated rings. The van der Waals surface area contributed by atoms with Gasteiger partial charge in [0.1, 0.15) is 0 Å². The van der Waals surface area contributed by atoms with Gasteiger partial charge in [0.15, 0.2) is 0 Å². The molecular weight excluding hydrogens is 625 g/mol. The van der Waals surface area contributed by atoms with Crippen LogP contribution in [-0.2, 0) is 0 Å². The molecule has 0 saturated heterocycles. The second-order valence-corrected chi connectivity index (χ2v) is 15.5. The molecule has 0 amide bonds. The fourth-order valence-corrected chi connectivity index (χ4v) is 9.16. The van der Waals surface area contributed by atoms with E-state index >= 15 is 0 Å². The maximum atomic E-state index is 2.40. The summed E-state index contributed by atoms with van der Waals surface area (Å²) in [6.45, 7) is 17.3. The molecule has 6 aromatic carbocycles. The summed E-state index contributed by atoms with van der Waals surface area (Å²) >= 11 is 0. The summed E-state index contributed by atoms with van der Waals surface area (Å²) in [6, 6.07) is 47.5. The molecule has 0 spiro atoms. The zero-order valence-corrected chi connectivity index (χ0v) is 33.3. The smallest absolute Gasteiger partial charge is 0.0837 e. The molecule has 0 aliphatic carbocycles. The summed E-state index contributed by atoms with van der Waals surface area (Å²) in [5.74, 6) is 0. The molecule has 52 heavy (non-hydrogen) atoms. The summed E-state index contributed by atoms with van der Waals surface area (Å²) in [7, 11) is 0. The molecule has 0 aliphatic heterocycles. The molecular formula is C50H66BN. The Hall–Kier alpha value is -3.88. The lowest BCUT2D eigenvalue weighted by atomic mass is 9.13. The minimum absolute atomic E-state index is 1.12. The van der Waals surface area contributed by atoms with Gasteiger partial charge >= 0.3 is 0 Å². The molecule has 0 saturated carbocycles. The topological polar surface area (TPSA) is 0 Å². The van der Waals surface area contributed by atoms with Gasteiger partial charge in [-0.3, -0.25) is 0 Å². The highest BCUT2D eigenvalue weighted by molar-refractivity contribution is 7.14. The van der Waals surface area contributed by atoms with Gasteiger partial charge in [-0.05, 0) is 41.8 Å². The van der Waals surface area contributed by atoms with Gasteiger partial charge in [-0.2, -0.15) is 22.7 Å². The molecule has 0 N–H and O–H groups in total. The number of unbranched alkanes of at least 4 members (excludes halogenated alkanes) is 5. The third kappa shape index (κ3) is 9.01. The first-order valence-corrected chi connectivity index (χ1v) is 21.0. The molecule has 0 atom stereocenters. The van der Waals surface area contributed by atoms with Crippen LogP contribution in [0.2, 0.25) is 6.32 Å². The lowest BCUT2D eigenvalue weighted by Gasteiger charge is -2.45. The van der Waals surface area contributed by atoms with Crippen molar-refractivity contribution >= 4 is 54.9 Å². The minimum Gasteiger partial charge on any atom is -0.324 e. The fourth-order valence-electron chi connectivity index (χ4n) is 9.16. The predicted molar refractivity (Wildman–Crippen MR) is 236 cm³/mol. The third-order valence-electron chi connectivity index (χ3n) is 12.0. The number of fused-ring (bicyclic) bond motifs is 3. The van der Waals surface area contributed by atoms with Gasteiger partial charge < -0.3 is 4.48 Å². The maximum absolute atomic E-state index is 2.40. The fraction of sp³-hybridized carbons (Fsp3) is 0.400. The van der Waals surface area contributed by atoms with Crippen LogP contribution < -0.4 is 16.4 Å². The standard InChI is InChI=1S/C34H30B.C16H36N/c1-2-3-25-35(32-22-10-16-26-13-4-7-19-29(26)32,33-23-11-17-27-14-5-8-20-30(27)33)34-24-12-18-28-15-6-9-21-31(28)34;1-5-9-13-17(14-10-6-2,15-11-7-3)16-12-8-4/h4-24H,2-3,25H2,1H3;5-16H2,1-4H3/q-1;+1. The molecule has 0 unspecified atom stereocenters. The second-order valence-electron chi connectivity index (χ2n) is 15.5. The minimum atomic E-state index is -1.25. The van der Waals surface area contributed by atoms with Crippen molar-refractivity contribution in [2.24, 2.45) is 0 Å². The monoisotopic (exact) mass is 692 g/mol. The quantitative estimate of drug-likeness (QED) is 0.0622. The average molecular weight is 692 g/mol. The van der Waals surface area contributed by atoms with Gasteiger partial charge in [0.05, 0.1) is 32.3 Å². The van der Waals surface area contributed by atoms with Crippen molar-refractivity contribution in [1.29, 1.82) is 0 Å². The molecule has 0 heterocycles. The summed E-state index contributed by atoms with van der Waals surface area (Å²) in [5, 5.41) is 8.04. The Morgan fingerprint density at radius 2 is 0.635 bits per heavy atom. The molecule has 6 aromatic rings. The van der Waals surface area contributed by atoms with E-state index in [1.165, 1.54) is 144 Å². The normalized spacial score (nSPS) is 11.9. The van der Waals surface area contributed by atoms with Gasteiger partial charge in [0.2, 0.25) is 0 Å². The SMILES string of the molecule is CCCC[B-](c1cccc2ccccc12)(c1cccc2ccccc12)c1cccc2ccccc12.CCCC[N+](CCCC)(CCCC)CCCC. The maximum Gasteiger partial charge on any atom is 0.0837 e. The average Bonchev–Trinajstić information content (AvgIpc) is 3.21. The van der Waals surface area contributed by atoms with E-state index in [2.05, 4.69) is 162 Å². The van der Waals surface area contributed by atoms with Crippen LogP contribution in [0.3, 0.4) is 0 Å². The third-order valence-corrected chi connectivity index (χ3v) is 12.0. The van der Waals surface area contributed by atoms with Crippen molar-refractivity contribution in [3.63, 3.8) is 0 Å². The zero-order valence-electron chi connectivity index (χ0n) is 33.3. The summed E-state index contributed by atoms with van der Waals surface area (Å²) < 4.78 is 1.42. The Morgan fingerprint density at radius 3 is 0.942 bits per heavy atom. The summed E-state index contributed by atoms with van der Waals surface area (Å²) in [4.78, 5) is 0. The first kappa shape index (κ1) is 39.3. The first-order valence-electron chi connectivity index (χ1n) is 21.0. The predicted octanol–water partition coefficient (Wildman–Crippen LogP) is 12.4. The summed E-state index contributed by atoms with van der Waals surface area (Å²) in [6.07, 6.45) is 13.3. The van der Waals surface area contributed by atoms with Gasteiger partial charge in [0, 0.05) is 0 Å². The van der Waals surface area contributed by atoms with Crippen LogP contribution in [-0.4, -0.2) is 36.8 Å². The van der Waals surface area contributed by atoms with Gasteiger partial charge in [-0.15, -0.1) is 0 Å². The summed E-state index contributed by atoms with van der Waals surface area (Å²) in [5.41, 5.74) is 4.39. The number of quaternary nitrogens is 1. The van der Waals surface area contributed by atoms with Crippen molar-refractivity contribution < 1.29 is 4.48 Å². The first-order chi connectivity index (χ1) is 25.6. The van der Waals surface area contributed by atoms with Crippen molar-refractivity contribution in [3.8, 4) is 0 Å². The van der Waals surface area contributed by atoms with Crippen LogP contribution in [0.15, 0.2) is 127 Å². The van der Waals surface area contributed by atoms with Gasteiger partial charge in [-0.1, -0.05) is 217 Å². The highest BCUT2D eigenvalue weighted by atomic mass is 15.3. The van der Waals surface area contributed by atoms with E-state index in [9.17, 15) is 0 Å². The Bertz CT molecular complexity index is 1710. The number of benzene rings is 6. The van der Waals surface area contributed by atoms with Crippen LogP contribution in [0.5, 0.6) is 0 Å². The Kier molecular flexibility index (Phi) is 15.0. The van der Waals surface area contributed by atoms with Gasteiger partial charge in [-0.25, -0.2) is 0 Å². The Balaban J connectivity index is 0.000000262. The molecule has 2 heteroatoms. The van der Waals surface area contributed by atoms with E-state index < -0.39 is 6.15 Å². The molecule has 0 bridgehead atoms. The van der Waals surface area contributed by atoms with E-state index in [0.717, 1.165) is 6.32 Å². The largest absolute Gasteiger partial charge is 0.324 e. The molecule has 0 radical (unpaired) electrons. The van der Waals surface area contributed by atoms with E-state index in [-0.39, 0.29) is 0 Å². The number of hydrogen-bond acceptors (Lipinski definition) is 0. The number of rotatable bonds is 18. The van der Waals surface area contributed by atoms with Crippen molar-refractivity contribution in [1.82, 2.24) is 0 Å². The van der Waals surface area contributed by atoms with Crippen LogP contribution in [0.4, 0.5) is 0 Å². The highest BCUT2D eigenvalue weighted by Crippen LogP contribution is 2.27. The second kappa shape index (κ2) is 19.8. The zero-order chi connectivity index (χ0) is 36.7. The van der Waals surface area contributed by atoms with E-state index in [1.54, 1.807) is 0 Å². The van der Waals surface area contributed by atoms with Crippen molar-refractivity contribution in [2.45, 2.75) is 105 Å². The molecule has 6 rings (SSSR count). The molecule has 0 aromatic heterocycles. The van der Waals surface area contributed by atoms with Gasteiger partial charge in [0.25, 0.3) is 0 Å². The number of hydrogen-bond donors (Lipinski definition) is 0. The van der Waals surface area contributed by atoms with Crippen molar-refractivity contribution in [3.05, 3.63) is 127 Å². The molecule has 1 nitrogen and oxygen atoms in total. The van der Waals surface area contributed by atoms with Crippen molar-refractivity contribution in [2.75, 3.05) is 26.2 Å². The Labute approximate surface area is 317 Å². The number of nitrogens with zero attached hydrogens (tertiary/aromatic N) is 1. The van der Waals surface area contributed by atoms with Crippen LogP contribution in [0.1, 0.15) is 98.8 Å².